The summed E-state index contributed by atoms with van der Waals surface area (Å²) in [6.45, 7) is 0.807. The van der Waals surface area contributed by atoms with Crippen LogP contribution in [-0.4, -0.2) is 43.2 Å². The molecule has 0 bridgehead atoms. The number of para-hydroxylation sites is 1. The summed E-state index contributed by atoms with van der Waals surface area (Å²) in [5, 5.41) is 3.03. The van der Waals surface area contributed by atoms with Crippen molar-refractivity contribution in [3.8, 4) is 11.5 Å². The van der Waals surface area contributed by atoms with Crippen molar-refractivity contribution in [2.45, 2.75) is 37.5 Å². The van der Waals surface area contributed by atoms with Gasteiger partial charge in [0, 0.05) is 24.3 Å². The van der Waals surface area contributed by atoms with Crippen LogP contribution in [-0.2, 0) is 14.3 Å². The standard InChI is InChI=1S/C24H24FNO5/c25-16-4-3-5-17(11-16)31-21-7-2-1-6-18(21)20(27)10-15-12-29-23-19(13-30-22(15)23)26-24(28)14-8-9-14/h1-7,11,14-15,19,22-23H,8-10,12-13H2,(H,26,28)/t15-,19-,22+,23+/m0/s1. The quantitative estimate of drug-likeness (QED) is 0.688. The third kappa shape index (κ3) is 4.34. The monoisotopic (exact) mass is 425 g/mol. The summed E-state index contributed by atoms with van der Waals surface area (Å²) in [7, 11) is 0. The molecule has 0 unspecified atom stereocenters. The number of ether oxygens (including phenoxy) is 3. The lowest BCUT2D eigenvalue weighted by atomic mass is 9.92. The normalized spacial score (nSPS) is 27.0. The molecular weight excluding hydrogens is 401 g/mol. The second-order valence-corrected chi connectivity index (χ2v) is 8.43. The third-order valence-corrected chi connectivity index (χ3v) is 6.09. The number of amides is 1. The van der Waals surface area contributed by atoms with Gasteiger partial charge in [0.1, 0.15) is 23.4 Å². The van der Waals surface area contributed by atoms with Crippen LogP contribution in [0.5, 0.6) is 11.5 Å². The second kappa shape index (κ2) is 8.40. The average molecular weight is 425 g/mol. The van der Waals surface area contributed by atoms with E-state index in [1.807, 2.05) is 0 Å². The Morgan fingerprint density at radius 2 is 1.84 bits per heavy atom. The molecule has 1 N–H and O–H groups in total. The molecule has 0 spiro atoms. The molecule has 2 aromatic carbocycles. The highest BCUT2D eigenvalue weighted by Gasteiger charge is 2.49. The van der Waals surface area contributed by atoms with Gasteiger partial charge < -0.3 is 19.5 Å². The van der Waals surface area contributed by atoms with E-state index in [4.69, 9.17) is 14.2 Å². The number of ketones is 1. The fourth-order valence-electron chi connectivity index (χ4n) is 4.31. The number of Topliss-reactive ketones (excluding diaryl/α,β-unsaturated/α-hetero) is 1. The van der Waals surface area contributed by atoms with E-state index in [1.54, 1.807) is 36.4 Å². The first-order valence-corrected chi connectivity index (χ1v) is 10.7. The summed E-state index contributed by atoms with van der Waals surface area (Å²) in [6.07, 6.45) is 1.70. The van der Waals surface area contributed by atoms with Gasteiger partial charge in [0.2, 0.25) is 5.91 Å². The van der Waals surface area contributed by atoms with Crippen LogP contribution in [0, 0.1) is 17.7 Å². The number of rotatable bonds is 7. The van der Waals surface area contributed by atoms with Crippen molar-refractivity contribution in [3.05, 3.63) is 59.9 Å². The van der Waals surface area contributed by atoms with Crippen molar-refractivity contribution in [1.82, 2.24) is 5.32 Å². The van der Waals surface area contributed by atoms with Crippen molar-refractivity contribution in [1.29, 1.82) is 0 Å². The largest absolute Gasteiger partial charge is 0.457 e. The minimum absolute atomic E-state index is 0.0702. The molecule has 6 nitrogen and oxygen atoms in total. The Kier molecular flexibility index (Phi) is 5.46. The number of carbonyl (C=O) groups is 2. The summed E-state index contributed by atoms with van der Waals surface area (Å²) in [5.74, 6) is 0.330. The van der Waals surface area contributed by atoms with Gasteiger partial charge in [0.15, 0.2) is 5.78 Å². The summed E-state index contributed by atoms with van der Waals surface area (Å²) in [5.41, 5.74) is 0.437. The summed E-state index contributed by atoms with van der Waals surface area (Å²) >= 11 is 0. The van der Waals surface area contributed by atoms with Crippen LogP contribution in [0.3, 0.4) is 0 Å². The second-order valence-electron chi connectivity index (χ2n) is 8.43. The van der Waals surface area contributed by atoms with E-state index in [0.717, 1.165) is 12.8 Å². The number of halogens is 1. The Labute approximate surface area is 179 Å². The predicted molar refractivity (Wildman–Crippen MR) is 109 cm³/mol. The summed E-state index contributed by atoms with van der Waals surface area (Å²) in [4.78, 5) is 25.2. The van der Waals surface area contributed by atoms with Crippen LogP contribution in [0.2, 0.25) is 0 Å². The molecule has 3 aliphatic rings. The number of hydrogen-bond donors (Lipinski definition) is 1. The van der Waals surface area contributed by atoms with Gasteiger partial charge in [-0.1, -0.05) is 18.2 Å². The number of nitrogens with one attached hydrogen (secondary N) is 1. The molecular formula is C24H24FNO5. The summed E-state index contributed by atoms with van der Waals surface area (Å²) in [6, 6.07) is 12.6. The van der Waals surface area contributed by atoms with Crippen LogP contribution >= 0.6 is 0 Å². The van der Waals surface area contributed by atoms with Crippen LogP contribution in [0.15, 0.2) is 48.5 Å². The van der Waals surface area contributed by atoms with Gasteiger partial charge in [-0.15, -0.1) is 0 Å². The molecule has 4 atom stereocenters. The van der Waals surface area contributed by atoms with Crippen LogP contribution in [0.25, 0.3) is 0 Å². The van der Waals surface area contributed by atoms with E-state index in [-0.39, 0.29) is 48.2 Å². The Morgan fingerprint density at radius 1 is 1.03 bits per heavy atom. The number of hydrogen-bond acceptors (Lipinski definition) is 5. The molecule has 1 amide bonds. The number of fused-ring (bicyclic) bond motifs is 1. The molecule has 7 heteroatoms. The molecule has 31 heavy (non-hydrogen) atoms. The molecule has 2 aliphatic heterocycles. The van der Waals surface area contributed by atoms with Crippen molar-refractivity contribution in [2.75, 3.05) is 13.2 Å². The molecule has 162 valence electrons. The lowest BCUT2D eigenvalue weighted by Gasteiger charge is -2.18. The zero-order chi connectivity index (χ0) is 21.4. The van der Waals surface area contributed by atoms with E-state index >= 15 is 0 Å². The topological polar surface area (TPSA) is 73.9 Å². The van der Waals surface area contributed by atoms with Crippen LogP contribution < -0.4 is 10.1 Å². The lowest BCUT2D eigenvalue weighted by molar-refractivity contribution is -0.123. The van der Waals surface area contributed by atoms with Crippen molar-refractivity contribution in [3.63, 3.8) is 0 Å². The molecule has 1 aliphatic carbocycles. The van der Waals surface area contributed by atoms with Gasteiger partial charge in [-0.3, -0.25) is 9.59 Å². The Balaban J connectivity index is 1.24. The lowest BCUT2D eigenvalue weighted by Crippen LogP contribution is -2.44. The van der Waals surface area contributed by atoms with Crippen molar-refractivity contribution in [2.24, 2.45) is 11.8 Å². The van der Waals surface area contributed by atoms with E-state index in [1.165, 1.54) is 12.1 Å². The fourth-order valence-corrected chi connectivity index (χ4v) is 4.31. The predicted octanol–water partition coefficient (Wildman–Crippen LogP) is 3.50. The van der Waals surface area contributed by atoms with Gasteiger partial charge in [-0.25, -0.2) is 4.39 Å². The Hall–Kier alpha value is -2.77. The molecule has 3 fully saturated rings. The first-order valence-electron chi connectivity index (χ1n) is 10.7. The van der Waals surface area contributed by atoms with Crippen molar-refractivity contribution >= 4 is 11.7 Å². The zero-order valence-electron chi connectivity index (χ0n) is 17.0. The van der Waals surface area contributed by atoms with E-state index in [0.29, 0.717) is 30.3 Å². The smallest absolute Gasteiger partial charge is 0.223 e. The highest BCUT2D eigenvalue weighted by atomic mass is 19.1. The minimum Gasteiger partial charge on any atom is -0.457 e. The first kappa shape index (κ1) is 20.2. The number of benzene rings is 2. The molecule has 2 heterocycles. The highest BCUT2D eigenvalue weighted by molar-refractivity contribution is 5.99. The van der Waals surface area contributed by atoms with E-state index < -0.39 is 5.82 Å². The molecule has 5 rings (SSSR count). The highest BCUT2D eigenvalue weighted by Crippen LogP contribution is 2.36. The molecule has 2 saturated heterocycles. The van der Waals surface area contributed by atoms with Crippen LogP contribution in [0.4, 0.5) is 4.39 Å². The van der Waals surface area contributed by atoms with E-state index in [2.05, 4.69) is 5.32 Å². The molecule has 1 saturated carbocycles. The minimum atomic E-state index is -0.405. The Morgan fingerprint density at radius 3 is 2.65 bits per heavy atom. The van der Waals surface area contributed by atoms with Crippen molar-refractivity contribution < 1.29 is 28.2 Å². The maximum absolute atomic E-state index is 13.5. The molecule has 2 aromatic rings. The maximum atomic E-state index is 13.5. The van der Waals surface area contributed by atoms with Crippen LogP contribution in [0.1, 0.15) is 29.6 Å². The first-order chi connectivity index (χ1) is 15.1. The van der Waals surface area contributed by atoms with E-state index in [9.17, 15) is 14.0 Å². The van der Waals surface area contributed by atoms with Gasteiger partial charge in [0.05, 0.1) is 30.9 Å². The van der Waals surface area contributed by atoms with Gasteiger partial charge >= 0.3 is 0 Å². The SMILES string of the molecule is O=C(C[C@H]1CO[C@H]2[C@@H]1OC[C@@H]2NC(=O)C1CC1)c1ccccc1Oc1cccc(F)c1. The zero-order valence-corrected chi connectivity index (χ0v) is 17.0. The van der Waals surface area contributed by atoms with Gasteiger partial charge in [-0.05, 0) is 37.1 Å². The van der Waals surface area contributed by atoms with Gasteiger partial charge in [-0.2, -0.15) is 0 Å². The fraction of sp³-hybridized carbons (Fsp3) is 0.417. The third-order valence-electron chi connectivity index (χ3n) is 6.09. The molecule has 0 radical (unpaired) electrons. The average Bonchev–Trinajstić information content (AvgIpc) is 3.43. The summed E-state index contributed by atoms with van der Waals surface area (Å²) < 4.78 is 31.1. The maximum Gasteiger partial charge on any atom is 0.223 e. The molecule has 0 aromatic heterocycles. The van der Waals surface area contributed by atoms with Gasteiger partial charge in [0.25, 0.3) is 0 Å². The number of carbonyl (C=O) groups excluding carboxylic acids is 2. The Bertz CT molecular complexity index is 991.